The third kappa shape index (κ3) is 7.37. The van der Waals surface area contributed by atoms with E-state index < -0.39 is 10.5 Å². The van der Waals surface area contributed by atoms with Gasteiger partial charge in [-0.2, -0.15) is 0 Å². The molecule has 0 rings (SSSR count). The van der Waals surface area contributed by atoms with E-state index >= 15 is 0 Å². The molecule has 0 atom stereocenters. The molecule has 0 aromatic heterocycles. The molecule has 0 aliphatic rings. The second-order valence-electron chi connectivity index (χ2n) is 1.05. The fourth-order valence-electron chi connectivity index (χ4n) is 0.164. The van der Waals surface area contributed by atoms with Crippen molar-refractivity contribution in [2.45, 2.75) is 0 Å². The summed E-state index contributed by atoms with van der Waals surface area (Å²) in [5.74, 6) is 0. The molecule has 0 aromatic carbocycles. The summed E-state index contributed by atoms with van der Waals surface area (Å²) in [6.45, 7) is 0. The Bertz CT molecular complexity index is 51.4. The van der Waals surface area contributed by atoms with Gasteiger partial charge in [-0.15, -0.1) is 0 Å². The van der Waals surface area contributed by atoms with Crippen LogP contribution in [0.4, 0.5) is 0 Å². The van der Waals surface area contributed by atoms with Crippen LogP contribution in [0.25, 0.3) is 0 Å². The van der Waals surface area contributed by atoms with Crippen molar-refractivity contribution in [2.24, 2.45) is 0 Å². The van der Waals surface area contributed by atoms with Crippen LogP contribution >= 0.6 is 30.0 Å². The number of hydrogen-bond donors (Lipinski definition) is 0. The van der Waals surface area contributed by atoms with E-state index in [1.807, 2.05) is 0 Å². The predicted molar refractivity (Wildman–Crippen MR) is 35.2 cm³/mol. The molecule has 0 unspecified atom stereocenters. The molecule has 7 heavy (non-hydrogen) atoms. The molecule has 0 saturated heterocycles. The fraction of sp³-hybridized carbons (Fsp3) is 1.00. The van der Waals surface area contributed by atoms with Crippen LogP contribution in [0.5, 0.6) is 0 Å². The summed E-state index contributed by atoms with van der Waals surface area (Å²) in [6, 6.07) is 0. The van der Waals surface area contributed by atoms with Crippen LogP contribution in [0.15, 0.2) is 0 Å². The maximum atomic E-state index is 5.43. The molecule has 0 radical (unpaired) electrons. The van der Waals surface area contributed by atoms with Gasteiger partial charge in [-0.25, -0.2) is 0 Å². The molecule has 0 aromatic rings. The van der Waals surface area contributed by atoms with Crippen molar-refractivity contribution in [1.82, 2.24) is 0 Å². The van der Waals surface area contributed by atoms with Crippen molar-refractivity contribution in [1.29, 1.82) is 0 Å². The van der Waals surface area contributed by atoms with Gasteiger partial charge >= 0.3 is 57.8 Å². The third-order valence-corrected chi connectivity index (χ3v) is 3.30. The average Bonchev–Trinajstić information content (AvgIpc) is 1.30. The Morgan fingerprint density at radius 2 is 1.86 bits per heavy atom. The Morgan fingerprint density at radius 3 is 1.86 bits per heavy atom. The maximum absolute atomic E-state index is 5.43. The van der Waals surface area contributed by atoms with Crippen molar-refractivity contribution < 1.29 is 4.74 Å². The van der Waals surface area contributed by atoms with Crippen LogP contribution in [0.3, 0.4) is 0 Å². The predicted octanol–water partition coefficient (Wildman–Crippen LogP) is 1.83. The second kappa shape index (κ2) is 3.41. The van der Waals surface area contributed by atoms with E-state index in [1.165, 1.54) is 7.11 Å². The first-order valence-corrected chi connectivity index (χ1v) is 11.4. The minimum atomic E-state index is -2.89. The molecule has 0 aliphatic carbocycles. The number of rotatable bonds is 2. The first kappa shape index (κ1) is 8.37. The first-order chi connectivity index (χ1) is 3.06. The zero-order valence-electron chi connectivity index (χ0n) is 3.75. The van der Waals surface area contributed by atoms with Crippen molar-refractivity contribution in [3.05, 3.63) is 0 Å². The molecular weight excluding hydrogens is 219 g/mol. The van der Waals surface area contributed by atoms with Gasteiger partial charge in [0.05, 0.1) is 0 Å². The molecule has 0 amide bonds. The summed E-state index contributed by atoms with van der Waals surface area (Å²) in [6.07, 6.45) is 0. The topological polar surface area (TPSA) is 9.23 Å². The van der Waals surface area contributed by atoms with Gasteiger partial charge in [-0.05, 0) is 0 Å². The van der Waals surface area contributed by atoms with Crippen LogP contribution in [0.1, 0.15) is 0 Å². The Kier molecular flexibility index (Phi) is 4.08. The van der Waals surface area contributed by atoms with Gasteiger partial charge in [-0.1, -0.05) is 0 Å². The summed E-state index contributed by atoms with van der Waals surface area (Å²) >= 11 is 0. The van der Waals surface area contributed by atoms with Crippen molar-refractivity contribution in [3.63, 3.8) is 0 Å². The molecule has 0 saturated carbocycles. The Balaban J connectivity index is 3.15. The van der Waals surface area contributed by atoms with Crippen LogP contribution in [0, 0.1) is 0 Å². The molecule has 0 N–H and O–H groups in total. The average molecular weight is 224 g/mol. The van der Waals surface area contributed by atoms with Gasteiger partial charge in [0.15, 0.2) is 0 Å². The summed E-state index contributed by atoms with van der Waals surface area (Å²) < 4.78 is 4.59. The zero-order valence-corrected chi connectivity index (χ0v) is 8.12. The van der Waals surface area contributed by atoms with Gasteiger partial charge in [0.1, 0.15) is 0 Å². The molecule has 0 fully saturated rings. The molecule has 0 aliphatic heterocycles. The van der Waals surface area contributed by atoms with Gasteiger partial charge in [-0.3, -0.25) is 0 Å². The monoisotopic (exact) mass is 224 g/mol. The Hall–Kier alpha value is 1.37. The summed E-state index contributed by atoms with van der Waals surface area (Å²) in [5, 5.41) is 0. The molecule has 0 heterocycles. The van der Waals surface area contributed by atoms with E-state index in [4.69, 9.17) is 30.0 Å². The zero-order chi connectivity index (χ0) is 5.91. The Labute approximate surface area is 57.8 Å². The van der Waals surface area contributed by atoms with Crippen LogP contribution in [-0.2, 0) is 4.74 Å². The quantitative estimate of drug-likeness (QED) is 0.650. The van der Waals surface area contributed by atoms with E-state index in [0.29, 0.717) is 5.44 Å². The van der Waals surface area contributed by atoms with Gasteiger partial charge < -0.3 is 0 Å². The third-order valence-electron chi connectivity index (χ3n) is 0.308. The van der Waals surface area contributed by atoms with Crippen LogP contribution < -0.4 is 0 Å². The normalized spacial score (nSPS) is 12.0. The summed E-state index contributed by atoms with van der Waals surface area (Å²) in [7, 11) is 14.9. The summed E-state index contributed by atoms with van der Waals surface area (Å²) in [4.78, 5) is 0. The number of methoxy groups -OCH3 is 1. The van der Waals surface area contributed by atoms with Crippen LogP contribution in [0.2, 0.25) is 0 Å². The Morgan fingerprint density at radius 1 is 1.43 bits per heavy atom. The van der Waals surface area contributed by atoms with E-state index in [-0.39, 0.29) is 0 Å². The fourth-order valence-corrected chi connectivity index (χ4v) is 2.55. The minimum absolute atomic E-state index is 0.324. The van der Waals surface area contributed by atoms with Crippen molar-refractivity contribution in [3.8, 4) is 0 Å². The molecule has 0 bridgehead atoms. The second-order valence-corrected chi connectivity index (χ2v) is 17.3. The summed E-state index contributed by atoms with van der Waals surface area (Å²) in [5.41, 5.74) is 0.324. The number of ether oxygens (including phenoxy) is 1. The molecule has 44 valence electrons. The standard InChI is InChI=1S/C2H5Cl3GeO/c1-7-2-6(3,4)5/h2H2,1H3. The van der Waals surface area contributed by atoms with Gasteiger partial charge in [0.25, 0.3) is 0 Å². The van der Waals surface area contributed by atoms with Crippen molar-refractivity contribution >= 4 is 40.5 Å². The van der Waals surface area contributed by atoms with Crippen molar-refractivity contribution in [2.75, 3.05) is 12.5 Å². The van der Waals surface area contributed by atoms with E-state index in [1.54, 1.807) is 0 Å². The first-order valence-electron chi connectivity index (χ1n) is 1.62. The number of halogens is 3. The molecule has 0 spiro atoms. The molecular formula is C2H5Cl3GeO. The molecule has 5 heteroatoms. The van der Waals surface area contributed by atoms with E-state index in [2.05, 4.69) is 4.74 Å². The van der Waals surface area contributed by atoms with E-state index in [0.717, 1.165) is 0 Å². The SMILES string of the molecule is CO[CH2][Ge]([Cl])([Cl])[Cl]. The molecule has 1 nitrogen and oxygen atoms in total. The van der Waals surface area contributed by atoms with Gasteiger partial charge in [0.2, 0.25) is 0 Å². The number of hydrogen-bond acceptors (Lipinski definition) is 1. The van der Waals surface area contributed by atoms with Crippen LogP contribution in [-0.4, -0.2) is 23.0 Å². The van der Waals surface area contributed by atoms with E-state index in [9.17, 15) is 0 Å². The van der Waals surface area contributed by atoms with Gasteiger partial charge in [0, 0.05) is 0 Å².